The Bertz CT molecular complexity index is 935. The van der Waals surface area contributed by atoms with Crippen LogP contribution < -0.4 is 16.4 Å². The first-order chi connectivity index (χ1) is 13.7. The molecule has 154 valence electrons. The molecule has 29 heavy (non-hydrogen) atoms. The van der Waals surface area contributed by atoms with Crippen LogP contribution in [0.4, 0.5) is 10.1 Å². The van der Waals surface area contributed by atoms with Crippen molar-refractivity contribution in [2.75, 3.05) is 5.32 Å². The first-order valence-corrected chi connectivity index (χ1v) is 9.76. The number of fused-ring (bicyclic) bond motifs is 4. The molecule has 3 heterocycles. The molecular weight excluding hydrogens is 379 g/mol. The number of amides is 4. The Balaban J connectivity index is 1.85. The first kappa shape index (κ1) is 19.5. The summed E-state index contributed by atoms with van der Waals surface area (Å²) in [5.41, 5.74) is 4.44. The van der Waals surface area contributed by atoms with E-state index in [0.717, 1.165) is 0 Å². The van der Waals surface area contributed by atoms with Crippen LogP contribution in [0.5, 0.6) is 0 Å². The van der Waals surface area contributed by atoms with Crippen LogP contribution in [-0.4, -0.2) is 40.6 Å². The highest BCUT2D eigenvalue weighted by Crippen LogP contribution is 2.53. The number of carbonyl (C=O) groups is 4. The molecule has 9 heteroatoms. The fourth-order valence-corrected chi connectivity index (χ4v) is 4.96. The van der Waals surface area contributed by atoms with Crippen LogP contribution in [0.15, 0.2) is 18.2 Å². The third kappa shape index (κ3) is 2.60. The van der Waals surface area contributed by atoms with Gasteiger partial charge in [0, 0.05) is 29.8 Å². The van der Waals surface area contributed by atoms with Crippen LogP contribution >= 0.6 is 0 Å². The van der Waals surface area contributed by atoms with E-state index in [9.17, 15) is 23.6 Å². The Morgan fingerprint density at radius 2 is 2.03 bits per heavy atom. The maximum Gasteiger partial charge on any atom is 0.250 e. The summed E-state index contributed by atoms with van der Waals surface area (Å²) >= 11 is 0. The van der Waals surface area contributed by atoms with E-state index in [-0.39, 0.29) is 24.8 Å². The van der Waals surface area contributed by atoms with Gasteiger partial charge in [0.15, 0.2) is 0 Å². The summed E-state index contributed by atoms with van der Waals surface area (Å²) in [4.78, 5) is 52.3. The van der Waals surface area contributed by atoms with Gasteiger partial charge in [-0.2, -0.15) is 0 Å². The fraction of sp³-hybridized carbons (Fsp3) is 0.500. The quantitative estimate of drug-likeness (QED) is 0.623. The fourth-order valence-electron chi connectivity index (χ4n) is 4.96. The zero-order valence-electron chi connectivity index (χ0n) is 16.2. The number of nitrogens with zero attached hydrogens (tertiary/aromatic N) is 1. The van der Waals surface area contributed by atoms with E-state index in [4.69, 9.17) is 5.73 Å². The third-order valence-corrected chi connectivity index (χ3v) is 6.44. The number of nitrogens with two attached hydrogens (primary N) is 1. The summed E-state index contributed by atoms with van der Waals surface area (Å²) in [7, 11) is 0. The minimum absolute atomic E-state index is 0.000600. The molecule has 1 spiro atoms. The van der Waals surface area contributed by atoms with Gasteiger partial charge in [-0.3, -0.25) is 29.4 Å². The SMILES string of the molecule is CC[C@H](C)N1C(=O)[C@H]2[C@@H](C1=O)[C@@]1(N[C@@H]2CCC(N)=O)C(=O)Nc2ccc(F)cc21. The molecule has 1 aromatic rings. The van der Waals surface area contributed by atoms with Crippen LogP contribution in [0.1, 0.15) is 38.7 Å². The number of likely N-dealkylation sites (tertiary alicyclic amines) is 1. The monoisotopic (exact) mass is 402 g/mol. The number of benzene rings is 1. The van der Waals surface area contributed by atoms with Gasteiger partial charge in [0.1, 0.15) is 11.4 Å². The molecule has 2 fully saturated rings. The highest BCUT2D eigenvalue weighted by atomic mass is 19.1. The molecule has 0 bridgehead atoms. The lowest BCUT2D eigenvalue weighted by Crippen LogP contribution is -2.54. The van der Waals surface area contributed by atoms with Crippen molar-refractivity contribution in [2.45, 2.75) is 50.7 Å². The third-order valence-electron chi connectivity index (χ3n) is 6.44. The maximum absolute atomic E-state index is 14.1. The van der Waals surface area contributed by atoms with Crippen molar-refractivity contribution in [3.63, 3.8) is 0 Å². The van der Waals surface area contributed by atoms with Gasteiger partial charge in [-0.1, -0.05) is 6.92 Å². The van der Waals surface area contributed by atoms with Gasteiger partial charge in [-0.05, 0) is 38.0 Å². The number of primary amides is 1. The Morgan fingerprint density at radius 3 is 2.69 bits per heavy atom. The van der Waals surface area contributed by atoms with Gasteiger partial charge < -0.3 is 11.1 Å². The lowest BCUT2D eigenvalue weighted by Gasteiger charge is -2.31. The minimum atomic E-state index is -1.56. The van der Waals surface area contributed by atoms with E-state index in [1.807, 2.05) is 6.92 Å². The van der Waals surface area contributed by atoms with E-state index in [1.54, 1.807) is 6.92 Å². The highest BCUT2D eigenvalue weighted by Gasteiger charge is 2.70. The zero-order valence-corrected chi connectivity index (χ0v) is 16.2. The van der Waals surface area contributed by atoms with E-state index in [0.29, 0.717) is 17.7 Å². The van der Waals surface area contributed by atoms with Gasteiger partial charge in [0.2, 0.25) is 23.6 Å². The van der Waals surface area contributed by atoms with Crippen LogP contribution in [0.3, 0.4) is 0 Å². The normalized spacial score (nSPS) is 31.2. The number of rotatable bonds is 5. The van der Waals surface area contributed by atoms with E-state index in [2.05, 4.69) is 10.6 Å². The van der Waals surface area contributed by atoms with Crippen molar-refractivity contribution >= 4 is 29.3 Å². The second kappa shape index (κ2) is 6.62. The van der Waals surface area contributed by atoms with Crippen molar-refractivity contribution in [3.05, 3.63) is 29.6 Å². The molecular formula is C20H23FN4O4. The van der Waals surface area contributed by atoms with Crippen LogP contribution in [0.2, 0.25) is 0 Å². The van der Waals surface area contributed by atoms with Crippen molar-refractivity contribution in [1.29, 1.82) is 0 Å². The summed E-state index contributed by atoms with van der Waals surface area (Å²) in [6.45, 7) is 3.64. The minimum Gasteiger partial charge on any atom is -0.370 e. The molecule has 8 nitrogen and oxygen atoms in total. The number of hydrogen-bond acceptors (Lipinski definition) is 5. The molecule has 4 N–H and O–H groups in total. The number of imide groups is 1. The van der Waals surface area contributed by atoms with Crippen LogP contribution in [0.25, 0.3) is 0 Å². The van der Waals surface area contributed by atoms with Gasteiger partial charge in [-0.15, -0.1) is 0 Å². The molecule has 5 atom stereocenters. The lowest BCUT2D eigenvalue weighted by atomic mass is 9.76. The number of halogens is 1. The maximum atomic E-state index is 14.1. The van der Waals surface area contributed by atoms with Crippen LogP contribution in [0, 0.1) is 17.7 Å². The van der Waals surface area contributed by atoms with Crippen molar-refractivity contribution in [3.8, 4) is 0 Å². The predicted octanol–water partition coefficient (Wildman–Crippen LogP) is 0.610. The second-order valence-electron chi connectivity index (χ2n) is 8.02. The molecule has 0 unspecified atom stereocenters. The number of hydrogen-bond donors (Lipinski definition) is 3. The predicted molar refractivity (Wildman–Crippen MR) is 101 cm³/mol. The Kier molecular flexibility index (Phi) is 4.45. The van der Waals surface area contributed by atoms with Crippen molar-refractivity contribution in [2.24, 2.45) is 17.6 Å². The van der Waals surface area contributed by atoms with Gasteiger partial charge >= 0.3 is 0 Å². The molecule has 0 aliphatic carbocycles. The molecule has 0 aromatic heterocycles. The lowest BCUT2D eigenvalue weighted by molar-refractivity contribution is -0.145. The smallest absolute Gasteiger partial charge is 0.250 e. The molecule has 3 aliphatic heterocycles. The van der Waals surface area contributed by atoms with E-state index < -0.39 is 47.0 Å². The van der Waals surface area contributed by atoms with Gasteiger partial charge in [-0.25, -0.2) is 4.39 Å². The summed E-state index contributed by atoms with van der Waals surface area (Å²) in [6.07, 6.45) is 0.768. The first-order valence-electron chi connectivity index (χ1n) is 9.76. The van der Waals surface area contributed by atoms with Gasteiger partial charge in [0.05, 0.1) is 11.8 Å². The molecule has 4 rings (SSSR count). The van der Waals surface area contributed by atoms with E-state index >= 15 is 0 Å². The molecule has 1 aromatic carbocycles. The number of anilines is 1. The topological polar surface area (TPSA) is 122 Å². The average Bonchev–Trinajstić information content (AvgIpc) is 3.25. The second-order valence-corrected chi connectivity index (χ2v) is 8.02. The molecule has 3 aliphatic rings. The Hall–Kier alpha value is -2.81. The number of nitrogens with one attached hydrogen (secondary N) is 2. The molecule has 4 amide bonds. The summed E-state index contributed by atoms with van der Waals surface area (Å²) in [5.74, 6) is -4.24. The van der Waals surface area contributed by atoms with Gasteiger partial charge in [0.25, 0.3) is 0 Å². The average molecular weight is 402 g/mol. The molecule has 0 radical (unpaired) electrons. The Morgan fingerprint density at radius 1 is 1.31 bits per heavy atom. The van der Waals surface area contributed by atoms with Crippen molar-refractivity contribution in [1.82, 2.24) is 10.2 Å². The zero-order chi connectivity index (χ0) is 21.1. The van der Waals surface area contributed by atoms with Crippen molar-refractivity contribution < 1.29 is 23.6 Å². The van der Waals surface area contributed by atoms with E-state index in [1.165, 1.54) is 23.1 Å². The standard InChI is InChI=1S/C20H23FN4O4/c1-3-9(2)25-17(27)15-13(6-7-14(22)26)24-20(16(15)18(25)28)11-8-10(21)4-5-12(11)23-19(20)29/h4-5,8-9,13,15-16,24H,3,6-7H2,1-2H3,(H2,22,26)(H,23,29)/t9-,13+,15+,16-,20+/m0/s1. The summed E-state index contributed by atoms with van der Waals surface area (Å²) < 4.78 is 14.1. The largest absolute Gasteiger partial charge is 0.370 e. The van der Waals surface area contributed by atoms with Crippen LogP contribution in [-0.2, 0) is 24.7 Å². The summed E-state index contributed by atoms with van der Waals surface area (Å²) in [6, 6.07) is 2.95. The summed E-state index contributed by atoms with van der Waals surface area (Å²) in [5, 5.41) is 5.85. The molecule has 0 saturated carbocycles. The number of carbonyl (C=O) groups excluding carboxylic acids is 4. The highest BCUT2D eigenvalue weighted by molar-refractivity contribution is 6.15. The molecule has 2 saturated heterocycles. The Labute approximate surface area is 167 Å².